The Bertz CT molecular complexity index is 174. The van der Waals surface area contributed by atoms with Crippen LogP contribution in [-0.2, 0) is 11.0 Å². The third-order valence-electron chi connectivity index (χ3n) is 1.16. The minimum atomic E-state index is -1.11. The Kier molecular flexibility index (Phi) is 5.76. The van der Waals surface area contributed by atoms with Gasteiger partial charge in [-0.25, -0.2) is 4.21 Å². The van der Waals surface area contributed by atoms with Gasteiger partial charge in [-0.2, -0.15) is 4.40 Å². The number of halogens is 1. The van der Waals surface area contributed by atoms with Gasteiger partial charge in [0.15, 0.2) is 0 Å². The van der Waals surface area contributed by atoms with Gasteiger partial charge in [0.05, 0.1) is 4.75 Å². The van der Waals surface area contributed by atoms with Gasteiger partial charge in [0, 0.05) is 12.1 Å². The molecule has 0 amide bonds. The van der Waals surface area contributed by atoms with Crippen molar-refractivity contribution in [2.75, 3.05) is 5.88 Å². The minimum absolute atomic E-state index is 0.253. The van der Waals surface area contributed by atoms with Crippen LogP contribution < -0.4 is 0 Å². The fourth-order valence-corrected chi connectivity index (χ4v) is 1.16. The second-order valence-corrected chi connectivity index (χ2v) is 5.79. The lowest BCUT2D eigenvalue weighted by atomic mass is 10.3. The third-order valence-corrected chi connectivity index (χ3v) is 2.82. The van der Waals surface area contributed by atoms with Gasteiger partial charge >= 0.3 is 0 Å². The lowest BCUT2D eigenvalue weighted by Crippen LogP contribution is -2.19. The molecule has 0 aromatic heterocycles. The SMILES string of the molecule is CC(C)(C)[S@](=O)N=CCCCCl. The van der Waals surface area contributed by atoms with E-state index in [0.29, 0.717) is 5.88 Å². The summed E-state index contributed by atoms with van der Waals surface area (Å²) < 4.78 is 15.0. The van der Waals surface area contributed by atoms with Crippen LogP contribution >= 0.6 is 11.6 Å². The van der Waals surface area contributed by atoms with Crippen molar-refractivity contribution in [3.63, 3.8) is 0 Å². The summed E-state index contributed by atoms with van der Waals surface area (Å²) in [5.41, 5.74) is 0. The average Bonchev–Trinajstić information content (AvgIpc) is 1.96. The second kappa shape index (κ2) is 5.70. The second-order valence-electron chi connectivity index (χ2n) is 3.48. The highest BCUT2D eigenvalue weighted by Crippen LogP contribution is 2.11. The van der Waals surface area contributed by atoms with E-state index < -0.39 is 11.0 Å². The zero-order chi connectivity index (χ0) is 9.61. The highest BCUT2D eigenvalue weighted by Gasteiger charge is 2.17. The van der Waals surface area contributed by atoms with E-state index in [1.54, 1.807) is 6.21 Å². The lowest BCUT2D eigenvalue weighted by Gasteiger charge is -2.12. The molecule has 12 heavy (non-hydrogen) atoms. The Morgan fingerprint density at radius 2 is 2.08 bits per heavy atom. The van der Waals surface area contributed by atoms with Crippen LogP contribution in [0.15, 0.2) is 4.40 Å². The molecule has 0 fully saturated rings. The van der Waals surface area contributed by atoms with Gasteiger partial charge in [0.1, 0.15) is 11.0 Å². The number of unbranched alkanes of at least 4 members (excludes halogenated alkanes) is 1. The standard InChI is InChI=1S/C8H16ClNOS/c1-8(2,3)12(11)10-7-5-4-6-9/h7H,4-6H2,1-3H3/t12-/m0/s1. The van der Waals surface area contributed by atoms with Gasteiger partial charge in [-0.05, 0) is 33.6 Å². The van der Waals surface area contributed by atoms with Crippen LogP contribution in [0.1, 0.15) is 33.6 Å². The van der Waals surface area contributed by atoms with Gasteiger partial charge in [0.25, 0.3) is 0 Å². The summed E-state index contributed by atoms with van der Waals surface area (Å²) in [5.74, 6) is 0.633. The molecule has 0 radical (unpaired) electrons. The first-order valence-electron chi connectivity index (χ1n) is 3.99. The molecule has 0 N–H and O–H groups in total. The van der Waals surface area contributed by atoms with Crippen molar-refractivity contribution in [3.05, 3.63) is 0 Å². The van der Waals surface area contributed by atoms with E-state index in [0.717, 1.165) is 12.8 Å². The van der Waals surface area contributed by atoms with Crippen LogP contribution in [0.4, 0.5) is 0 Å². The van der Waals surface area contributed by atoms with Crippen LogP contribution in [0.2, 0.25) is 0 Å². The maximum atomic E-state index is 11.3. The Labute approximate surface area is 82.0 Å². The van der Waals surface area contributed by atoms with E-state index >= 15 is 0 Å². The topological polar surface area (TPSA) is 29.4 Å². The molecular formula is C8H16ClNOS. The molecule has 0 bridgehead atoms. The number of hydrogen-bond acceptors (Lipinski definition) is 1. The van der Waals surface area contributed by atoms with Crippen LogP contribution in [0.3, 0.4) is 0 Å². The Morgan fingerprint density at radius 1 is 1.50 bits per heavy atom. The minimum Gasteiger partial charge on any atom is -0.234 e. The highest BCUT2D eigenvalue weighted by molar-refractivity contribution is 7.85. The van der Waals surface area contributed by atoms with Crippen molar-refractivity contribution in [3.8, 4) is 0 Å². The smallest absolute Gasteiger partial charge is 0.144 e. The molecule has 0 rings (SSSR count). The first-order chi connectivity index (χ1) is 5.48. The molecule has 0 aromatic rings. The summed E-state index contributed by atoms with van der Waals surface area (Å²) in [5, 5.41) is 0. The predicted octanol–water partition coefficient (Wildman–Crippen LogP) is 2.54. The van der Waals surface area contributed by atoms with Gasteiger partial charge < -0.3 is 0 Å². The van der Waals surface area contributed by atoms with Gasteiger partial charge in [-0.3, -0.25) is 0 Å². The highest BCUT2D eigenvalue weighted by atomic mass is 35.5. The fraction of sp³-hybridized carbons (Fsp3) is 0.875. The zero-order valence-corrected chi connectivity index (χ0v) is 9.41. The molecule has 1 atom stereocenters. The maximum Gasteiger partial charge on any atom is 0.144 e. The first-order valence-corrected chi connectivity index (χ1v) is 5.63. The molecule has 0 saturated carbocycles. The fourth-order valence-electron chi connectivity index (χ4n) is 0.447. The quantitative estimate of drug-likeness (QED) is 0.398. The van der Waals surface area contributed by atoms with Crippen molar-refractivity contribution in [2.45, 2.75) is 38.4 Å². The van der Waals surface area contributed by atoms with Crippen LogP contribution in [0.25, 0.3) is 0 Å². The van der Waals surface area contributed by atoms with Crippen molar-refractivity contribution in [2.24, 2.45) is 4.40 Å². The molecule has 0 aromatic carbocycles. The Hall–Kier alpha value is 0.110. The molecule has 0 spiro atoms. The summed E-state index contributed by atoms with van der Waals surface area (Å²) in [6.07, 6.45) is 3.40. The molecule has 0 unspecified atom stereocenters. The summed E-state index contributed by atoms with van der Waals surface area (Å²) in [6, 6.07) is 0. The zero-order valence-electron chi connectivity index (χ0n) is 7.84. The Morgan fingerprint density at radius 3 is 2.50 bits per heavy atom. The monoisotopic (exact) mass is 209 g/mol. The molecule has 4 heteroatoms. The molecule has 0 saturated heterocycles. The number of nitrogens with zero attached hydrogens (tertiary/aromatic N) is 1. The van der Waals surface area contributed by atoms with E-state index in [2.05, 4.69) is 4.40 Å². The lowest BCUT2D eigenvalue weighted by molar-refractivity contribution is 0.650. The van der Waals surface area contributed by atoms with Gasteiger partial charge in [-0.15, -0.1) is 11.6 Å². The molecule has 0 aliphatic rings. The third kappa shape index (κ3) is 5.72. The van der Waals surface area contributed by atoms with Crippen LogP contribution in [0, 0.1) is 0 Å². The number of rotatable bonds is 4. The molecule has 0 aliphatic heterocycles. The molecule has 0 aliphatic carbocycles. The van der Waals surface area contributed by atoms with Crippen LogP contribution in [0.5, 0.6) is 0 Å². The van der Waals surface area contributed by atoms with Crippen LogP contribution in [-0.4, -0.2) is 21.1 Å². The molecule has 2 nitrogen and oxygen atoms in total. The largest absolute Gasteiger partial charge is 0.234 e. The molecule has 72 valence electrons. The van der Waals surface area contributed by atoms with E-state index in [9.17, 15) is 4.21 Å². The van der Waals surface area contributed by atoms with Gasteiger partial charge in [-0.1, -0.05) is 0 Å². The summed E-state index contributed by atoms with van der Waals surface area (Å²) in [7, 11) is -1.11. The van der Waals surface area contributed by atoms with E-state index in [1.807, 2.05) is 20.8 Å². The van der Waals surface area contributed by atoms with Gasteiger partial charge in [0.2, 0.25) is 0 Å². The molecular weight excluding hydrogens is 194 g/mol. The van der Waals surface area contributed by atoms with E-state index in [1.165, 1.54) is 0 Å². The number of alkyl halides is 1. The molecule has 0 heterocycles. The van der Waals surface area contributed by atoms with E-state index in [-0.39, 0.29) is 4.75 Å². The predicted molar refractivity (Wildman–Crippen MR) is 56.3 cm³/mol. The normalized spacial score (nSPS) is 15.3. The van der Waals surface area contributed by atoms with Crippen molar-refractivity contribution < 1.29 is 4.21 Å². The summed E-state index contributed by atoms with van der Waals surface area (Å²) in [4.78, 5) is 0. The van der Waals surface area contributed by atoms with Crippen molar-refractivity contribution in [1.82, 2.24) is 0 Å². The maximum absolute atomic E-state index is 11.3. The van der Waals surface area contributed by atoms with E-state index in [4.69, 9.17) is 11.6 Å². The summed E-state index contributed by atoms with van der Waals surface area (Å²) in [6.45, 7) is 5.71. The van der Waals surface area contributed by atoms with Crippen molar-refractivity contribution >= 4 is 28.8 Å². The van der Waals surface area contributed by atoms with Crippen molar-refractivity contribution in [1.29, 1.82) is 0 Å². The Balaban J connectivity index is 3.77. The summed E-state index contributed by atoms with van der Waals surface area (Å²) >= 11 is 5.47. The first kappa shape index (κ1) is 12.1. The average molecular weight is 210 g/mol. The number of hydrogen-bond donors (Lipinski definition) is 0.